The standard InChI is InChI=1S/C31H31F6N3O.ClH/c1-38(20-22-6-4-10-26(16-22)30(32,33)34)28(41)29(18-24-8-2-3-9-25(24)19-29)40-14-12-39(13-15-40)21-23-7-5-11-27(17-23)31(35,36)37;/h2-11,16-17H,12-15,18-21H2,1H3;1H. The van der Waals surface area contributed by atoms with Crippen LogP contribution in [0.15, 0.2) is 72.8 Å². The Hall–Kier alpha value is -3.08. The largest absolute Gasteiger partial charge is 0.416 e. The summed E-state index contributed by atoms with van der Waals surface area (Å²) in [5.74, 6) is -0.155. The van der Waals surface area contributed by atoms with E-state index in [2.05, 4.69) is 9.80 Å². The highest BCUT2D eigenvalue weighted by atomic mass is 35.5. The number of likely N-dealkylation sites (N-methyl/N-ethyl adjacent to an activating group) is 1. The van der Waals surface area contributed by atoms with Crippen LogP contribution in [0.5, 0.6) is 0 Å². The number of piperazine rings is 1. The molecule has 11 heteroatoms. The molecular weight excluding hydrogens is 580 g/mol. The Labute approximate surface area is 247 Å². The van der Waals surface area contributed by atoms with Gasteiger partial charge in [0, 0.05) is 59.2 Å². The van der Waals surface area contributed by atoms with Crippen LogP contribution in [0.1, 0.15) is 33.4 Å². The number of carbonyl (C=O) groups is 1. The zero-order valence-corrected chi connectivity index (χ0v) is 23.8. The summed E-state index contributed by atoms with van der Waals surface area (Å²) in [6.07, 6.45) is -7.90. The van der Waals surface area contributed by atoms with Gasteiger partial charge in [0.2, 0.25) is 5.91 Å². The van der Waals surface area contributed by atoms with Crippen LogP contribution in [-0.4, -0.2) is 59.4 Å². The first kappa shape index (κ1) is 31.8. The van der Waals surface area contributed by atoms with E-state index in [-0.39, 0.29) is 24.9 Å². The molecule has 0 N–H and O–H groups in total. The van der Waals surface area contributed by atoms with E-state index >= 15 is 0 Å². The summed E-state index contributed by atoms with van der Waals surface area (Å²) in [7, 11) is 1.62. The van der Waals surface area contributed by atoms with Gasteiger partial charge in [0.25, 0.3) is 0 Å². The van der Waals surface area contributed by atoms with Crippen LogP contribution in [-0.2, 0) is 43.1 Å². The van der Waals surface area contributed by atoms with E-state index in [1.807, 2.05) is 24.3 Å². The minimum absolute atomic E-state index is 0. The third-order valence-electron chi connectivity index (χ3n) is 8.14. The van der Waals surface area contributed by atoms with Gasteiger partial charge in [0.05, 0.1) is 11.1 Å². The van der Waals surface area contributed by atoms with Crippen LogP contribution in [0.25, 0.3) is 0 Å². The van der Waals surface area contributed by atoms with Gasteiger partial charge in [-0.15, -0.1) is 12.4 Å². The summed E-state index contributed by atoms with van der Waals surface area (Å²) < 4.78 is 79.3. The van der Waals surface area contributed by atoms with Crippen LogP contribution in [0.4, 0.5) is 26.3 Å². The number of hydrogen-bond donors (Lipinski definition) is 0. The molecule has 2 aliphatic rings. The first-order valence-electron chi connectivity index (χ1n) is 13.5. The van der Waals surface area contributed by atoms with Crippen LogP contribution in [0, 0.1) is 0 Å². The van der Waals surface area contributed by atoms with E-state index < -0.39 is 29.0 Å². The summed E-state index contributed by atoms with van der Waals surface area (Å²) in [6, 6.07) is 18.2. The van der Waals surface area contributed by atoms with Crippen LogP contribution in [0.3, 0.4) is 0 Å². The molecular formula is C31H32ClF6N3O. The lowest BCUT2D eigenvalue weighted by molar-refractivity contribution is -0.145. The highest BCUT2D eigenvalue weighted by Crippen LogP contribution is 2.38. The average molecular weight is 612 g/mol. The number of benzene rings is 3. The number of nitrogens with zero attached hydrogens (tertiary/aromatic N) is 3. The monoisotopic (exact) mass is 611 g/mol. The second-order valence-corrected chi connectivity index (χ2v) is 11.0. The normalized spacial score (nSPS) is 17.4. The molecule has 0 saturated carbocycles. The third-order valence-corrected chi connectivity index (χ3v) is 8.14. The molecule has 1 heterocycles. The van der Waals surface area contributed by atoms with Gasteiger partial charge < -0.3 is 4.90 Å². The second-order valence-electron chi connectivity index (χ2n) is 11.0. The van der Waals surface area contributed by atoms with E-state index in [0.717, 1.165) is 29.3 Å². The smallest absolute Gasteiger partial charge is 0.340 e. The maximum atomic E-state index is 14.2. The first-order chi connectivity index (χ1) is 19.3. The zero-order valence-electron chi connectivity index (χ0n) is 23.0. The van der Waals surface area contributed by atoms with Gasteiger partial charge in [-0.25, -0.2) is 0 Å². The fraction of sp³-hybridized carbons (Fsp3) is 0.387. The van der Waals surface area contributed by atoms with E-state index in [0.29, 0.717) is 56.7 Å². The van der Waals surface area contributed by atoms with Crippen molar-refractivity contribution in [1.82, 2.24) is 14.7 Å². The molecule has 0 spiro atoms. The molecule has 1 aliphatic carbocycles. The topological polar surface area (TPSA) is 26.8 Å². The molecule has 3 aromatic rings. The maximum Gasteiger partial charge on any atom is 0.416 e. The highest BCUT2D eigenvalue weighted by Gasteiger charge is 2.50. The van der Waals surface area contributed by atoms with Crippen molar-refractivity contribution in [2.45, 2.75) is 43.8 Å². The van der Waals surface area contributed by atoms with Crippen LogP contribution < -0.4 is 0 Å². The number of hydrogen-bond acceptors (Lipinski definition) is 3. The molecule has 0 unspecified atom stereocenters. The Morgan fingerprint density at radius 2 is 1.26 bits per heavy atom. The number of carbonyl (C=O) groups excluding carboxylic acids is 1. The van der Waals surface area contributed by atoms with Gasteiger partial charge >= 0.3 is 12.4 Å². The van der Waals surface area contributed by atoms with Crippen molar-refractivity contribution in [2.24, 2.45) is 0 Å². The summed E-state index contributed by atoms with van der Waals surface area (Å²) in [6.45, 7) is 2.62. The van der Waals surface area contributed by atoms with E-state index in [1.165, 1.54) is 23.1 Å². The Balaban J connectivity index is 0.00000405. The van der Waals surface area contributed by atoms with Gasteiger partial charge in [-0.1, -0.05) is 54.6 Å². The number of halogens is 7. The summed E-state index contributed by atoms with van der Waals surface area (Å²) >= 11 is 0. The molecule has 1 amide bonds. The van der Waals surface area contributed by atoms with Crippen molar-refractivity contribution < 1.29 is 31.1 Å². The van der Waals surface area contributed by atoms with Gasteiger partial charge in [0.15, 0.2) is 0 Å². The molecule has 0 bridgehead atoms. The molecule has 42 heavy (non-hydrogen) atoms. The van der Waals surface area contributed by atoms with Crippen molar-refractivity contribution in [3.8, 4) is 0 Å². The molecule has 1 fully saturated rings. The lowest BCUT2D eigenvalue weighted by atomic mass is 9.90. The lowest BCUT2D eigenvalue weighted by Gasteiger charge is -2.46. The summed E-state index contributed by atoms with van der Waals surface area (Å²) in [5, 5.41) is 0. The molecule has 4 nitrogen and oxygen atoms in total. The number of alkyl halides is 6. The number of fused-ring (bicyclic) bond motifs is 1. The Morgan fingerprint density at radius 3 is 1.79 bits per heavy atom. The minimum atomic E-state index is -4.47. The number of rotatable bonds is 6. The molecule has 5 rings (SSSR count). The molecule has 1 saturated heterocycles. The van der Waals surface area contributed by atoms with Gasteiger partial charge in [-0.2, -0.15) is 26.3 Å². The highest BCUT2D eigenvalue weighted by molar-refractivity contribution is 5.88. The molecule has 1 aliphatic heterocycles. The Kier molecular flexibility index (Phi) is 9.30. The predicted molar refractivity (Wildman–Crippen MR) is 150 cm³/mol. The Bertz CT molecular complexity index is 1380. The van der Waals surface area contributed by atoms with Gasteiger partial charge in [-0.3, -0.25) is 14.6 Å². The predicted octanol–water partition coefficient (Wildman–Crippen LogP) is 6.46. The summed E-state index contributed by atoms with van der Waals surface area (Å²) in [5.41, 5.74) is 0.795. The maximum absolute atomic E-state index is 14.2. The molecule has 0 aromatic heterocycles. The SMILES string of the molecule is CN(Cc1cccc(C(F)(F)F)c1)C(=O)C1(N2CCN(Cc3cccc(C(F)(F)F)c3)CC2)Cc2ccccc2C1.Cl. The lowest BCUT2D eigenvalue weighted by Crippen LogP contribution is -2.64. The second kappa shape index (κ2) is 12.3. The zero-order chi connectivity index (χ0) is 29.4. The molecule has 226 valence electrons. The van der Waals surface area contributed by atoms with E-state index in [9.17, 15) is 31.1 Å². The van der Waals surface area contributed by atoms with Crippen molar-refractivity contribution in [3.63, 3.8) is 0 Å². The minimum Gasteiger partial charge on any atom is -0.340 e. The van der Waals surface area contributed by atoms with Crippen molar-refractivity contribution in [3.05, 3.63) is 106 Å². The molecule has 0 atom stereocenters. The quantitative estimate of drug-likeness (QED) is 0.300. The third kappa shape index (κ3) is 6.76. The van der Waals surface area contributed by atoms with E-state index in [4.69, 9.17) is 0 Å². The van der Waals surface area contributed by atoms with Gasteiger partial charge in [-0.05, 0) is 40.5 Å². The van der Waals surface area contributed by atoms with Crippen molar-refractivity contribution in [2.75, 3.05) is 33.2 Å². The summed E-state index contributed by atoms with van der Waals surface area (Å²) in [4.78, 5) is 19.9. The number of amides is 1. The van der Waals surface area contributed by atoms with Crippen LogP contribution >= 0.6 is 12.4 Å². The fourth-order valence-electron chi connectivity index (χ4n) is 6.09. The van der Waals surface area contributed by atoms with Gasteiger partial charge in [0.1, 0.15) is 5.54 Å². The van der Waals surface area contributed by atoms with E-state index in [1.54, 1.807) is 19.2 Å². The van der Waals surface area contributed by atoms with Crippen LogP contribution in [0.2, 0.25) is 0 Å². The first-order valence-corrected chi connectivity index (χ1v) is 13.5. The Morgan fingerprint density at radius 1 is 0.762 bits per heavy atom. The molecule has 0 radical (unpaired) electrons. The molecule has 3 aromatic carbocycles. The van der Waals surface area contributed by atoms with Crippen molar-refractivity contribution >= 4 is 18.3 Å². The average Bonchev–Trinajstić information content (AvgIpc) is 3.33. The van der Waals surface area contributed by atoms with Crippen molar-refractivity contribution in [1.29, 1.82) is 0 Å². The fourth-order valence-corrected chi connectivity index (χ4v) is 6.09.